The van der Waals surface area contributed by atoms with E-state index in [9.17, 15) is 0 Å². The van der Waals surface area contributed by atoms with Crippen molar-refractivity contribution >= 4 is 12.6 Å². The molecule has 0 aliphatic carbocycles. The Hall–Kier alpha value is -0.870. The Morgan fingerprint density at radius 1 is 1.21 bits per heavy atom. The third-order valence-corrected chi connectivity index (χ3v) is 2.35. The monoisotopic (exact) mass is 213 g/mol. The van der Waals surface area contributed by atoms with Crippen LogP contribution in [0.15, 0.2) is 17.0 Å². The van der Waals surface area contributed by atoms with Crippen molar-refractivity contribution in [3.8, 4) is 11.5 Å². The van der Waals surface area contributed by atoms with Gasteiger partial charge in [-0.3, -0.25) is 0 Å². The minimum absolute atomic E-state index is 0.589. The van der Waals surface area contributed by atoms with E-state index in [1.807, 2.05) is 12.1 Å². The molecule has 14 heavy (non-hydrogen) atoms. The van der Waals surface area contributed by atoms with Crippen LogP contribution in [-0.4, -0.2) is 20.8 Å². The molecule has 0 aliphatic rings. The predicted molar refractivity (Wildman–Crippen MR) is 59.6 cm³/mol. The van der Waals surface area contributed by atoms with Crippen LogP contribution in [0.3, 0.4) is 0 Å². The molecule has 0 heterocycles. The number of ether oxygens (including phenoxy) is 2. The Balaban J connectivity index is 3.11. The third kappa shape index (κ3) is 2.33. The summed E-state index contributed by atoms with van der Waals surface area (Å²) in [6, 6.07) is 3.75. The van der Waals surface area contributed by atoms with Crippen LogP contribution in [-0.2, 0) is 6.42 Å². The molecule has 0 atom stereocenters. The van der Waals surface area contributed by atoms with Crippen molar-refractivity contribution in [2.45, 2.75) is 11.3 Å². The summed E-state index contributed by atoms with van der Waals surface area (Å²) in [4.78, 5) is 0.769. The summed E-state index contributed by atoms with van der Waals surface area (Å²) in [6.45, 7) is 0.589. The SMILES string of the molecule is COc1cc(CCN)c(OC)cc1S. The van der Waals surface area contributed by atoms with Gasteiger partial charge >= 0.3 is 0 Å². The average Bonchev–Trinajstić information content (AvgIpc) is 2.20. The molecule has 0 saturated carbocycles. The number of methoxy groups -OCH3 is 2. The summed E-state index contributed by atoms with van der Waals surface area (Å²) in [5.74, 6) is 1.55. The number of rotatable bonds is 4. The minimum Gasteiger partial charge on any atom is -0.496 e. The predicted octanol–water partition coefficient (Wildman–Crippen LogP) is 1.49. The molecule has 0 unspecified atom stereocenters. The maximum Gasteiger partial charge on any atom is 0.132 e. The van der Waals surface area contributed by atoms with E-state index < -0.39 is 0 Å². The van der Waals surface area contributed by atoms with E-state index in [-0.39, 0.29) is 0 Å². The van der Waals surface area contributed by atoms with E-state index in [1.165, 1.54) is 0 Å². The second-order valence-corrected chi connectivity index (χ2v) is 3.36. The van der Waals surface area contributed by atoms with Gasteiger partial charge in [0.05, 0.1) is 14.2 Å². The molecule has 0 radical (unpaired) electrons. The van der Waals surface area contributed by atoms with Crippen LogP contribution < -0.4 is 15.2 Å². The highest BCUT2D eigenvalue weighted by Crippen LogP contribution is 2.31. The summed E-state index contributed by atoms with van der Waals surface area (Å²) < 4.78 is 10.4. The maximum absolute atomic E-state index is 5.50. The van der Waals surface area contributed by atoms with Crippen LogP contribution >= 0.6 is 12.6 Å². The maximum atomic E-state index is 5.50. The van der Waals surface area contributed by atoms with Crippen LogP contribution in [0.25, 0.3) is 0 Å². The van der Waals surface area contributed by atoms with E-state index in [1.54, 1.807) is 14.2 Å². The van der Waals surface area contributed by atoms with Crippen molar-refractivity contribution < 1.29 is 9.47 Å². The van der Waals surface area contributed by atoms with E-state index >= 15 is 0 Å². The highest BCUT2D eigenvalue weighted by molar-refractivity contribution is 7.80. The smallest absolute Gasteiger partial charge is 0.132 e. The molecule has 0 spiro atoms. The van der Waals surface area contributed by atoms with Crippen molar-refractivity contribution in [1.82, 2.24) is 0 Å². The number of hydrogen-bond acceptors (Lipinski definition) is 4. The zero-order valence-corrected chi connectivity index (χ0v) is 9.30. The van der Waals surface area contributed by atoms with Crippen molar-refractivity contribution in [3.63, 3.8) is 0 Å². The van der Waals surface area contributed by atoms with Crippen LogP contribution in [0.1, 0.15) is 5.56 Å². The molecule has 2 N–H and O–H groups in total. The standard InChI is InChI=1S/C10H15NO2S/c1-12-8-6-10(14)9(13-2)5-7(8)3-4-11/h5-6,14H,3-4,11H2,1-2H3. The summed E-state index contributed by atoms with van der Waals surface area (Å²) in [5, 5.41) is 0. The van der Waals surface area contributed by atoms with E-state index in [2.05, 4.69) is 12.6 Å². The van der Waals surface area contributed by atoms with Gasteiger partial charge in [0.1, 0.15) is 11.5 Å². The highest BCUT2D eigenvalue weighted by atomic mass is 32.1. The summed E-state index contributed by atoms with van der Waals surface area (Å²) in [6.07, 6.45) is 0.771. The fraction of sp³-hybridized carbons (Fsp3) is 0.400. The van der Waals surface area contributed by atoms with Crippen molar-refractivity contribution in [2.24, 2.45) is 5.73 Å². The molecule has 4 heteroatoms. The molecule has 0 aromatic heterocycles. The number of hydrogen-bond donors (Lipinski definition) is 2. The Morgan fingerprint density at radius 2 is 1.86 bits per heavy atom. The topological polar surface area (TPSA) is 44.5 Å². The first-order valence-electron chi connectivity index (χ1n) is 4.36. The molecule has 0 saturated heterocycles. The fourth-order valence-electron chi connectivity index (χ4n) is 1.30. The van der Waals surface area contributed by atoms with Crippen molar-refractivity contribution in [3.05, 3.63) is 17.7 Å². The lowest BCUT2D eigenvalue weighted by Crippen LogP contribution is -2.04. The normalized spacial score (nSPS) is 10.0. The molecular weight excluding hydrogens is 198 g/mol. The lowest BCUT2D eigenvalue weighted by molar-refractivity contribution is 0.390. The molecule has 78 valence electrons. The quantitative estimate of drug-likeness (QED) is 0.745. The van der Waals surface area contributed by atoms with Crippen LogP contribution in [0, 0.1) is 0 Å². The van der Waals surface area contributed by atoms with Crippen LogP contribution in [0.5, 0.6) is 11.5 Å². The van der Waals surface area contributed by atoms with Gasteiger partial charge in [-0.1, -0.05) is 0 Å². The molecule has 0 aliphatic heterocycles. The number of nitrogens with two attached hydrogens (primary N) is 1. The average molecular weight is 213 g/mol. The van der Waals surface area contributed by atoms with Gasteiger partial charge in [-0.15, -0.1) is 12.6 Å². The summed E-state index contributed by atoms with van der Waals surface area (Å²) in [7, 11) is 3.25. The van der Waals surface area contributed by atoms with Gasteiger partial charge in [-0.05, 0) is 30.7 Å². The zero-order valence-electron chi connectivity index (χ0n) is 8.41. The zero-order chi connectivity index (χ0) is 10.6. The first-order valence-corrected chi connectivity index (χ1v) is 4.81. The van der Waals surface area contributed by atoms with Crippen LogP contribution in [0.4, 0.5) is 0 Å². The number of thiol groups is 1. The van der Waals surface area contributed by atoms with E-state index in [4.69, 9.17) is 15.2 Å². The van der Waals surface area contributed by atoms with Gasteiger partial charge < -0.3 is 15.2 Å². The Bertz CT molecular complexity index is 315. The van der Waals surface area contributed by atoms with Gasteiger partial charge in [0.15, 0.2) is 0 Å². The lowest BCUT2D eigenvalue weighted by Gasteiger charge is -2.11. The molecule has 0 fully saturated rings. The molecule has 0 bridgehead atoms. The van der Waals surface area contributed by atoms with Crippen molar-refractivity contribution in [2.75, 3.05) is 20.8 Å². The van der Waals surface area contributed by atoms with Gasteiger partial charge in [0.25, 0.3) is 0 Å². The van der Waals surface area contributed by atoms with Gasteiger partial charge in [0.2, 0.25) is 0 Å². The molecule has 1 rings (SSSR count). The van der Waals surface area contributed by atoms with Crippen LogP contribution in [0.2, 0.25) is 0 Å². The Morgan fingerprint density at radius 3 is 2.36 bits per heavy atom. The Labute approximate surface area is 89.6 Å². The molecule has 0 amide bonds. The first-order chi connectivity index (χ1) is 6.72. The second kappa shape index (κ2) is 5.12. The molecular formula is C10H15NO2S. The van der Waals surface area contributed by atoms with Gasteiger partial charge in [-0.2, -0.15) is 0 Å². The summed E-state index contributed by atoms with van der Waals surface area (Å²) in [5.41, 5.74) is 6.54. The molecule has 1 aromatic rings. The highest BCUT2D eigenvalue weighted by Gasteiger charge is 2.07. The van der Waals surface area contributed by atoms with Gasteiger partial charge in [-0.25, -0.2) is 0 Å². The van der Waals surface area contributed by atoms with E-state index in [0.717, 1.165) is 28.4 Å². The minimum atomic E-state index is 0.589. The molecule has 3 nitrogen and oxygen atoms in total. The van der Waals surface area contributed by atoms with Crippen molar-refractivity contribution in [1.29, 1.82) is 0 Å². The second-order valence-electron chi connectivity index (χ2n) is 2.87. The largest absolute Gasteiger partial charge is 0.496 e. The van der Waals surface area contributed by atoms with Gasteiger partial charge in [0, 0.05) is 4.90 Å². The first kappa shape index (κ1) is 11.2. The number of benzene rings is 1. The Kier molecular flexibility index (Phi) is 4.10. The third-order valence-electron chi connectivity index (χ3n) is 2.00. The van der Waals surface area contributed by atoms with E-state index in [0.29, 0.717) is 6.54 Å². The fourth-order valence-corrected chi connectivity index (χ4v) is 1.57. The molecule has 1 aromatic carbocycles. The lowest BCUT2D eigenvalue weighted by atomic mass is 10.1. The summed E-state index contributed by atoms with van der Waals surface area (Å²) >= 11 is 4.28.